The number of nitrogens with zero attached hydrogens (tertiary/aromatic N) is 1. The van der Waals surface area contributed by atoms with Crippen molar-refractivity contribution in [2.24, 2.45) is 11.7 Å². The predicted molar refractivity (Wildman–Crippen MR) is 48.9 cm³/mol. The van der Waals surface area contributed by atoms with Crippen LogP contribution in [-0.2, 0) is 0 Å². The Kier molecular flexibility index (Phi) is 4.36. The summed E-state index contributed by atoms with van der Waals surface area (Å²) in [6.45, 7) is 8.29. The summed E-state index contributed by atoms with van der Waals surface area (Å²) in [5, 5.41) is 0.545. The number of rotatable bonds is 0. The highest BCUT2D eigenvalue weighted by atomic mass is 32.1. The van der Waals surface area contributed by atoms with Crippen molar-refractivity contribution in [2.75, 3.05) is 13.1 Å². The molecule has 0 aromatic rings. The van der Waals surface area contributed by atoms with Gasteiger partial charge in [-0.15, -0.1) is 0 Å². The lowest BCUT2D eigenvalue weighted by Crippen LogP contribution is -2.50. The second-order valence-electron chi connectivity index (χ2n) is 2.35. The minimum atomic E-state index is 0.545. The quantitative estimate of drug-likeness (QED) is 0.540. The first kappa shape index (κ1) is 9.69. The van der Waals surface area contributed by atoms with Crippen LogP contribution in [0.15, 0.2) is 0 Å². The summed E-state index contributed by atoms with van der Waals surface area (Å²) >= 11 is 4.73. The van der Waals surface area contributed by atoms with Gasteiger partial charge in [-0.25, -0.2) is 0 Å². The van der Waals surface area contributed by atoms with Gasteiger partial charge in [-0.3, -0.25) is 0 Å². The lowest BCUT2D eigenvalue weighted by atomic mass is 10.0. The first-order valence-electron chi connectivity index (χ1n) is 3.74. The largest absolute Gasteiger partial charge is 0.376 e. The van der Waals surface area contributed by atoms with E-state index in [0.29, 0.717) is 5.11 Å². The highest BCUT2D eigenvalue weighted by molar-refractivity contribution is 7.80. The Morgan fingerprint density at radius 3 is 2.00 bits per heavy atom. The Morgan fingerprint density at radius 2 is 1.90 bits per heavy atom. The van der Waals surface area contributed by atoms with Gasteiger partial charge in [0.25, 0.3) is 0 Å². The maximum atomic E-state index is 5.32. The molecule has 2 nitrogen and oxygen atoms in total. The zero-order valence-electron chi connectivity index (χ0n) is 6.92. The van der Waals surface area contributed by atoms with Crippen molar-refractivity contribution in [1.82, 2.24) is 4.90 Å². The van der Waals surface area contributed by atoms with Crippen LogP contribution in [0.5, 0.6) is 0 Å². The van der Waals surface area contributed by atoms with E-state index < -0.39 is 0 Å². The van der Waals surface area contributed by atoms with Gasteiger partial charge in [0.05, 0.1) is 0 Å². The Hall–Kier alpha value is -0.310. The van der Waals surface area contributed by atoms with Gasteiger partial charge in [0, 0.05) is 13.1 Å². The maximum Gasteiger partial charge on any atom is 0.166 e. The molecule has 1 rings (SSSR count). The normalized spacial score (nSPS) is 16.9. The molecule has 0 bridgehead atoms. The van der Waals surface area contributed by atoms with Gasteiger partial charge in [-0.05, 0) is 18.1 Å². The van der Waals surface area contributed by atoms with Crippen molar-refractivity contribution in [3.8, 4) is 0 Å². The first-order valence-corrected chi connectivity index (χ1v) is 4.15. The highest BCUT2D eigenvalue weighted by Gasteiger charge is 2.22. The number of hydrogen-bond acceptors (Lipinski definition) is 1. The fourth-order valence-electron chi connectivity index (χ4n) is 0.879. The van der Waals surface area contributed by atoms with Crippen LogP contribution in [0.3, 0.4) is 0 Å². The summed E-state index contributed by atoms with van der Waals surface area (Å²) in [5.41, 5.74) is 5.32. The van der Waals surface area contributed by atoms with Crippen molar-refractivity contribution in [2.45, 2.75) is 20.8 Å². The highest BCUT2D eigenvalue weighted by Crippen LogP contribution is 2.12. The van der Waals surface area contributed by atoms with Gasteiger partial charge in [-0.2, -0.15) is 0 Å². The van der Waals surface area contributed by atoms with Crippen LogP contribution in [0.4, 0.5) is 0 Å². The molecule has 1 fully saturated rings. The van der Waals surface area contributed by atoms with E-state index in [1.165, 1.54) is 0 Å². The Bertz CT molecular complexity index is 108. The van der Waals surface area contributed by atoms with E-state index in [1.807, 2.05) is 18.7 Å². The van der Waals surface area contributed by atoms with Crippen molar-refractivity contribution >= 4 is 17.3 Å². The van der Waals surface area contributed by atoms with Gasteiger partial charge in [-0.1, -0.05) is 20.8 Å². The van der Waals surface area contributed by atoms with E-state index >= 15 is 0 Å². The molecular formula is C7H16N2S. The van der Waals surface area contributed by atoms with Gasteiger partial charge < -0.3 is 10.6 Å². The summed E-state index contributed by atoms with van der Waals surface area (Å²) < 4.78 is 0. The van der Waals surface area contributed by atoms with Crippen molar-refractivity contribution in [3.63, 3.8) is 0 Å². The van der Waals surface area contributed by atoms with E-state index in [1.54, 1.807) is 0 Å². The second-order valence-corrected chi connectivity index (χ2v) is 2.77. The third kappa shape index (κ3) is 2.52. The van der Waals surface area contributed by atoms with Crippen LogP contribution in [-0.4, -0.2) is 23.1 Å². The third-order valence-corrected chi connectivity index (χ3v) is 1.63. The Labute approximate surface area is 68.4 Å². The summed E-state index contributed by atoms with van der Waals surface area (Å²) in [4.78, 5) is 2.00. The number of likely N-dealkylation sites (tertiary alicyclic amines) is 1. The minimum Gasteiger partial charge on any atom is -0.376 e. The molecular weight excluding hydrogens is 144 g/mol. The number of hydrogen-bond donors (Lipinski definition) is 1. The summed E-state index contributed by atoms with van der Waals surface area (Å²) in [5.74, 6) is 0.788. The molecule has 60 valence electrons. The van der Waals surface area contributed by atoms with E-state index in [9.17, 15) is 0 Å². The van der Waals surface area contributed by atoms with Gasteiger partial charge in [0.15, 0.2) is 5.11 Å². The fraction of sp³-hybridized carbons (Fsp3) is 0.857. The van der Waals surface area contributed by atoms with Crippen LogP contribution in [0.25, 0.3) is 0 Å². The standard InChI is InChI=1S/C5H10N2S.C2H6/c1-4-2-7(3-4)5(6)8;1-2/h4H,2-3H2,1H3,(H2,6,8);1-2H3. The van der Waals surface area contributed by atoms with Crippen LogP contribution in [0.2, 0.25) is 0 Å². The van der Waals surface area contributed by atoms with Crippen LogP contribution in [0.1, 0.15) is 20.8 Å². The Morgan fingerprint density at radius 1 is 1.50 bits per heavy atom. The lowest BCUT2D eigenvalue weighted by Gasteiger charge is -2.37. The first-order chi connectivity index (χ1) is 4.70. The van der Waals surface area contributed by atoms with Gasteiger partial charge in [0.2, 0.25) is 0 Å². The fourth-order valence-corrected chi connectivity index (χ4v) is 1.03. The average molecular weight is 160 g/mol. The third-order valence-electron chi connectivity index (χ3n) is 1.38. The zero-order valence-corrected chi connectivity index (χ0v) is 7.74. The number of thiocarbonyl (C=S) groups is 1. The van der Waals surface area contributed by atoms with Crippen molar-refractivity contribution in [1.29, 1.82) is 0 Å². The molecule has 0 aromatic carbocycles. The summed E-state index contributed by atoms with van der Waals surface area (Å²) in [7, 11) is 0. The van der Waals surface area contributed by atoms with Gasteiger partial charge in [0.1, 0.15) is 0 Å². The molecule has 1 saturated heterocycles. The summed E-state index contributed by atoms with van der Waals surface area (Å²) in [6.07, 6.45) is 0. The molecule has 2 N–H and O–H groups in total. The average Bonchev–Trinajstić information content (AvgIpc) is 1.86. The molecule has 0 unspecified atom stereocenters. The molecule has 0 amide bonds. The summed E-state index contributed by atoms with van der Waals surface area (Å²) in [6, 6.07) is 0. The van der Waals surface area contributed by atoms with Crippen molar-refractivity contribution < 1.29 is 0 Å². The molecule has 0 aromatic heterocycles. The minimum absolute atomic E-state index is 0.545. The maximum absolute atomic E-state index is 5.32. The van der Waals surface area contributed by atoms with E-state index in [0.717, 1.165) is 19.0 Å². The molecule has 1 heterocycles. The molecule has 1 aliphatic heterocycles. The molecule has 0 saturated carbocycles. The zero-order chi connectivity index (χ0) is 8.15. The molecule has 3 heteroatoms. The van der Waals surface area contributed by atoms with E-state index in [4.69, 9.17) is 18.0 Å². The molecule has 0 radical (unpaired) electrons. The van der Waals surface area contributed by atoms with Crippen LogP contribution < -0.4 is 5.73 Å². The molecule has 0 atom stereocenters. The SMILES string of the molecule is CC.CC1CN(C(N)=S)C1. The van der Waals surface area contributed by atoms with E-state index in [2.05, 4.69) is 6.92 Å². The monoisotopic (exact) mass is 160 g/mol. The van der Waals surface area contributed by atoms with E-state index in [-0.39, 0.29) is 0 Å². The van der Waals surface area contributed by atoms with Crippen molar-refractivity contribution in [3.05, 3.63) is 0 Å². The van der Waals surface area contributed by atoms with Gasteiger partial charge >= 0.3 is 0 Å². The smallest absolute Gasteiger partial charge is 0.166 e. The molecule has 10 heavy (non-hydrogen) atoms. The van der Waals surface area contributed by atoms with Crippen LogP contribution in [0, 0.1) is 5.92 Å². The number of nitrogens with two attached hydrogens (primary N) is 1. The lowest BCUT2D eigenvalue weighted by molar-refractivity contribution is 0.207. The second kappa shape index (κ2) is 4.50. The topological polar surface area (TPSA) is 29.3 Å². The molecule has 1 aliphatic rings. The Balaban J connectivity index is 0.000000371. The predicted octanol–water partition coefficient (Wildman–Crippen LogP) is 1.21. The van der Waals surface area contributed by atoms with Crippen LogP contribution >= 0.6 is 12.2 Å². The molecule has 0 aliphatic carbocycles. The molecule has 0 spiro atoms.